The van der Waals surface area contributed by atoms with Crippen molar-refractivity contribution in [2.45, 2.75) is 0 Å². The Labute approximate surface area is 146 Å². The second-order valence-corrected chi connectivity index (χ2v) is 4.99. The minimum Gasteiger partial charge on any atom is -0.388 e. The highest BCUT2D eigenvalue weighted by atomic mass is 16.4. The molecule has 0 saturated carbocycles. The van der Waals surface area contributed by atoms with E-state index in [0.29, 0.717) is 16.9 Å². The molecule has 3 rings (SSSR count). The SMILES string of the molecule is COC.N#Cc1cnn(-c2ccccc2)c1NC(=O)c1ccccc1. The molecule has 25 heavy (non-hydrogen) atoms. The third kappa shape index (κ3) is 4.53. The van der Waals surface area contributed by atoms with Crippen LogP contribution in [0.1, 0.15) is 15.9 Å². The quantitative estimate of drug-likeness (QED) is 0.797. The molecule has 6 heteroatoms. The number of para-hydroxylation sites is 1. The number of nitriles is 1. The molecular weight excluding hydrogens is 316 g/mol. The summed E-state index contributed by atoms with van der Waals surface area (Å²) < 4.78 is 5.79. The van der Waals surface area contributed by atoms with E-state index in [0.717, 1.165) is 5.69 Å². The Hall–Kier alpha value is -3.43. The van der Waals surface area contributed by atoms with Crippen LogP contribution in [0.3, 0.4) is 0 Å². The standard InChI is InChI=1S/C17H12N4O.C2H6O/c18-11-14-12-19-21(15-9-5-2-6-10-15)16(14)20-17(22)13-7-3-1-4-8-13;1-3-2/h1-10,12H,(H,20,22);1-2H3. The Kier molecular flexibility index (Phi) is 6.46. The lowest BCUT2D eigenvalue weighted by Gasteiger charge is -2.09. The molecule has 0 radical (unpaired) electrons. The fourth-order valence-electron chi connectivity index (χ4n) is 2.08. The number of amides is 1. The van der Waals surface area contributed by atoms with Gasteiger partial charge in [0.25, 0.3) is 5.91 Å². The molecule has 2 aromatic carbocycles. The first-order valence-corrected chi connectivity index (χ1v) is 7.51. The molecule has 0 saturated heterocycles. The topological polar surface area (TPSA) is 79.9 Å². The van der Waals surface area contributed by atoms with Gasteiger partial charge in [-0.15, -0.1) is 0 Å². The predicted molar refractivity (Wildman–Crippen MR) is 95.6 cm³/mol. The average molecular weight is 334 g/mol. The van der Waals surface area contributed by atoms with E-state index >= 15 is 0 Å². The summed E-state index contributed by atoms with van der Waals surface area (Å²) in [4.78, 5) is 12.3. The Balaban J connectivity index is 0.000000701. The summed E-state index contributed by atoms with van der Waals surface area (Å²) in [5.74, 6) is 0.0809. The third-order valence-corrected chi connectivity index (χ3v) is 3.16. The Morgan fingerprint density at radius 3 is 2.20 bits per heavy atom. The summed E-state index contributed by atoms with van der Waals surface area (Å²) in [5, 5.41) is 16.2. The van der Waals surface area contributed by atoms with E-state index in [4.69, 9.17) is 0 Å². The van der Waals surface area contributed by atoms with Gasteiger partial charge in [-0.3, -0.25) is 4.79 Å². The second kappa shape index (κ2) is 9.01. The summed E-state index contributed by atoms with van der Waals surface area (Å²) in [6, 6.07) is 20.2. The van der Waals surface area contributed by atoms with Gasteiger partial charge < -0.3 is 10.1 Å². The highest BCUT2D eigenvalue weighted by Crippen LogP contribution is 2.20. The van der Waals surface area contributed by atoms with Crippen LogP contribution in [0.2, 0.25) is 0 Å². The van der Waals surface area contributed by atoms with Gasteiger partial charge in [0.1, 0.15) is 11.6 Å². The van der Waals surface area contributed by atoms with Crippen LogP contribution in [0, 0.1) is 11.3 Å². The number of methoxy groups -OCH3 is 1. The van der Waals surface area contributed by atoms with E-state index in [1.54, 1.807) is 43.2 Å². The fourth-order valence-corrected chi connectivity index (χ4v) is 2.08. The number of hydrogen-bond donors (Lipinski definition) is 1. The molecule has 0 fully saturated rings. The molecule has 3 aromatic rings. The highest BCUT2D eigenvalue weighted by molar-refractivity contribution is 6.04. The van der Waals surface area contributed by atoms with Crippen molar-refractivity contribution in [2.75, 3.05) is 19.5 Å². The lowest BCUT2D eigenvalue weighted by molar-refractivity contribution is 0.102. The van der Waals surface area contributed by atoms with Crippen LogP contribution >= 0.6 is 0 Å². The Morgan fingerprint density at radius 2 is 1.64 bits per heavy atom. The molecule has 1 N–H and O–H groups in total. The van der Waals surface area contributed by atoms with Crippen LogP contribution in [-0.2, 0) is 4.74 Å². The molecule has 0 unspecified atom stereocenters. The summed E-state index contributed by atoms with van der Waals surface area (Å²) in [6.45, 7) is 0. The predicted octanol–water partition coefficient (Wildman–Crippen LogP) is 3.26. The van der Waals surface area contributed by atoms with E-state index in [1.165, 1.54) is 6.20 Å². The van der Waals surface area contributed by atoms with Crippen LogP contribution in [0.15, 0.2) is 66.9 Å². The molecule has 1 heterocycles. The van der Waals surface area contributed by atoms with Gasteiger partial charge >= 0.3 is 0 Å². The summed E-state index contributed by atoms with van der Waals surface area (Å²) >= 11 is 0. The van der Waals surface area contributed by atoms with Crippen molar-refractivity contribution in [2.24, 2.45) is 0 Å². The van der Waals surface area contributed by atoms with E-state index in [2.05, 4.69) is 15.2 Å². The molecule has 0 spiro atoms. The highest BCUT2D eigenvalue weighted by Gasteiger charge is 2.15. The molecule has 126 valence electrons. The Morgan fingerprint density at radius 1 is 1.08 bits per heavy atom. The van der Waals surface area contributed by atoms with Crippen LogP contribution in [0.5, 0.6) is 0 Å². The van der Waals surface area contributed by atoms with Gasteiger partial charge in [-0.25, -0.2) is 4.68 Å². The zero-order valence-corrected chi connectivity index (χ0v) is 14.0. The number of anilines is 1. The van der Waals surface area contributed by atoms with Crippen LogP contribution in [-0.4, -0.2) is 29.9 Å². The monoisotopic (exact) mass is 334 g/mol. The zero-order chi connectivity index (χ0) is 18.1. The number of aromatic nitrogens is 2. The zero-order valence-electron chi connectivity index (χ0n) is 14.0. The fraction of sp³-hybridized carbons (Fsp3) is 0.105. The van der Waals surface area contributed by atoms with Crippen molar-refractivity contribution in [3.05, 3.63) is 78.0 Å². The lowest BCUT2D eigenvalue weighted by atomic mass is 10.2. The molecule has 0 aliphatic rings. The number of benzene rings is 2. The van der Waals surface area contributed by atoms with Gasteiger partial charge in [0.2, 0.25) is 0 Å². The smallest absolute Gasteiger partial charge is 0.256 e. The maximum absolute atomic E-state index is 12.3. The number of carbonyl (C=O) groups excluding carboxylic acids is 1. The maximum atomic E-state index is 12.3. The van der Waals surface area contributed by atoms with Crippen molar-refractivity contribution in [3.8, 4) is 11.8 Å². The van der Waals surface area contributed by atoms with Gasteiger partial charge in [-0.1, -0.05) is 36.4 Å². The average Bonchev–Trinajstić information content (AvgIpc) is 3.06. The van der Waals surface area contributed by atoms with E-state index in [-0.39, 0.29) is 5.91 Å². The molecular formula is C19H18N4O2. The molecule has 0 atom stereocenters. The summed E-state index contributed by atoms with van der Waals surface area (Å²) in [7, 11) is 3.25. The molecule has 0 bridgehead atoms. The molecule has 1 aromatic heterocycles. The minimum absolute atomic E-state index is 0.283. The number of rotatable bonds is 3. The van der Waals surface area contributed by atoms with E-state index in [9.17, 15) is 10.1 Å². The molecule has 0 aliphatic heterocycles. The van der Waals surface area contributed by atoms with Crippen molar-refractivity contribution < 1.29 is 9.53 Å². The number of nitrogens with one attached hydrogen (secondary N) is 1. The van der Waals surface area contributed by atoms with Gasteiger partial charge in [0.05, 0.1) is 11.9 Å². The van der Waals surface area contributed by atoms with Gasteiger partial charge in [-0.05, 0) is 24.3 Å². The van der Waals surface area contributed by atoms with Crippen molar-refractivity contribution >= 4 is 11.7 Å². The van der Waals surface area contributed by atoms with Gasteiger partial charge in [0.15, 0.2) is 5.82 Å². The normalized spacial score (nSPS) is 9.48. The van der Waals surface area contributed by atoms with Crippen LogP contribution in [0.4, 0.5) is 5.82 Å². The first-order valence-electron chi connectivity index (χ1n) is 7.51. The first-order chi connectivity index (χ1) is 12.2. The van der Waals surface area contributed by atoms with Crippen LogP contribution in [0.25, 0.3) is 5.69 Å². The van der Waals surface area contributed by atoms with Crippen molar-refractivity contribution in [3.63, 3.8) is 0 Å². The summed E-state index contributed by atoms with van der Waals surface area (Å²) in [5.41, 5.74) is 1.60. The van der Waals surface area contributed by atoms with Gasteiger partial charge in [-0.2, -0.15) is 10.4 Å². The Bertz CT molecular complexity index is 852. The molecule has 1 amide bonds. The maximum Gasteiger partial charge on any atom is 0.256 e. The van der Waals surface area contributed by atoms with Crippen molar-refractivity contribution in [1.82, 2.24) is 9.78 Å². The largest absolute Gasteiger partial charge is 0.388 e. The minimum atomic E-state index is -0.283. The first kappa shape index (κ1) is 17.9. The van der Waals surface area contributed by atoms with Crippen molar-refractivity contribution in [1.29, 1.82) is 5.26 Å². The second-order valence-electron chi connectivity index (χ2n) is 4.99. The molecule has 0 aliphatic carbocycles. The third-order valence-electron chi connectivity index (χ3n) is 3.16. The van der Waals surface area contributed by atoms with Gasteiger partial charge in [0, 0.05) is 19.8 Å². The number of carbonyl (C=O) groups is 1. The number of ether oxygens (including phenoxy) is 1. The lowest BCUT2D eigenvalue weighted by Crippen LogP contribution is -2.15. The molecule has 6 nitrogen and oxygen atoms in total. The van der Waals surface area contributed by atoms with E-state index in [1.807, 2.05) is 42.5 Å². The van der Waals surface area contributed by atoms with E-state index < -0.39 is 0 Å². The van der Waals surface area contributed by atoms with Crippen LogP contribution < -0.4 is 5.32 Å². The number of hydrogen-bond acceptors (Lipinski definition) is 4. The summed E-state index contributed by atoms with van der Waals surface area (Å²) in [6.07, 6.45) is 1.44. The number of nitrogens with zero attached hydrogens (tertiary/aromatic N) is 3.